The molecule has 170 valence electrons. The quantitative estimate of drug-likeness (QED) is 0.167. The van der Waals surface area contributed by atoms with Crippen molar-refractivity contribution in [2.45, 2.75) is 117 Å². The maximum atomic E-state index is 8.74. The Morgan fingerprint density at radius 3 is 0.929 bits per heavy atom. The molecule has 0 aliphatic heterocycles. The summed E-state index contributed by atoms with van der Waals surface area (Å²) in [6.07, 6.45) is 22.2. The fourth-order valence-electron chi connectivity index (χ4n) is 2.66. The molecule has 28 heavy (non-hydrogen) atoms. The van der Waals surface area contributed by atoms with Gasteiger partial charge in [-0.25, -0.2) is 0 Å². The van der Waals surface area contributed by atoms with Crippen LogP contribution in [0.5, 0.6) is 0 Å². The summed E-state index contributed by atoms with van der Waals surface area (Å²) in [6.45, 7) is 4.59. The van der Waals surface area contributed by atoms with Gasteiger partial charge in [-0.05, 0) is 13.3 Å². The number of hydrogen-bond donors (Lipinski definition) is 4. The first-order chi connectivity index (χ1) is 12.8. The zero-order chi connectivity index (χ0) is 21.2. The zero-order valence-corrected chi connectivity index (χ0v) is 21.6. The number of unbranched alkanes of at least 4 members (excludes halogenated alkanes) is 15. The van der Waals surface area contributed by atoms with E-state index in [1.54, 1.807) is 6.92 Å². The minimum atomic E-state index is -4.67. The van der Waals surface area contributed by atoms with Gasteiger partial charge in [0.25, 0.3) is 0 Å². The number of rotatable bonds is 16. The van der Waals surface area contributed by atoms with Gasteiger partial charge >= 0.3 is 40.0 Å². The first-order valence-electron chi connectivity index (χ1n) is 10.7. The van der Waals surface area contributed by atoms with E-state index in [0.29, 0.717) is 6.61 Å². The van der Waals surface area contributed by atoms with Crippen molar-refractivity contribution in [2.24, 2.45) is 0 Å². The molecule has 0 saturated heterocycles. The Balaban J connectivity index is -0.000000163. The Bertz CT molecular complexity index is 322. The maximum Gasteiger partial charge on any atom is 1.00 e. The normalized spacial score (nSPS) is 10.2. The van der Waals surface area contributed by atoms with Crippen LogP contribution in [0.2, 0.25) is 0 Å². The predicted molar refractivity (Wildman–Crippen MR) is 115 cm³/mol. The Labute approximate surface area is 198 Å². The van der Waals surface area contributed by atoms with Crippen LogP contribution >= 0.6 is 0 Å². The van der Waals surface area contributed by atoms with E-state index in [2.05, 4.69) is 6.92 Å². The monoisotopic (exact) mass is 438 g/mol. The second-order valence-electron chi connectivity index (χ2n) is 6.79. The van der Waals surface area contributed by atoms with Crippen LogP contribution in [0.25, 0.3) is 0 Å². The third-order valence-electron chi connectivity index (χ3n) is 4.01. The summed E-state index contributed by atoms with van der Waals surface area (Å²) < 4.78 is 31.6. The van der Waals surface area contributed by atoms with Crippen LogP contribution in [0.4, 0.5) is 0 Å². The maximum absolute atomic E-state index is 8.74. The van der Waals surface area contributed by atoms with Gasteiger partial charge in [0.1, 0.15) is 0 Å². The van der Waals surface area contributed by atoms with Crippen LogP contribution in [0.15, 0.2) is 0 Å². The third-order valence-corrected chi connectivity index (χ3v) is 4.01. The van der Waals surface area contributed by atoms with E-state index in [9.17, 15) is 0 Å². The van der Waals surface area contributed by atoms with Crippen molar-refractivity contribution in [3.8, 4) is 0 Å². The summed E-state index contributed by atoms with van der Waals surface area (Å²) >= 11 is 0. The molecule has 0 radical (unpaired) electrons. The third kappa shape index (κ3) is 63.2. The van der Waals surface area contributed by atoms with Gasteiger partial charge in [0.15, 0.2) is 0 Å². The van der Waals surface area contributed by atoms with Gasteiger partial charge in [-0.2, -0.15) is 8.42 Å². The van der Waals surface area contributed by atoms with E-state index in [-0.39, 0.29) is 37.6 Å². The zero-order valence-electron chi connectivity index (χ0n) is 19.7. The first-order valence-corrected chi connectivity index (χ1v) is 12.1. The van der Waals surface area contributed by atoms with Gasteiger partial charge in [0.2, 0.25) is 0 Å². The van der Waals surface area contributed by atoms with Crippen LogP contribution < -0.4 is 29.6 Å². The second kappa shape index (κ2) is 32.5. The van der Waals surface area contributed by atoms with Gasteiger partial charge in [-0.1, -0.05) is 103 Å². The SMILES string of the molecule is CCCCCCCCCCCCCCCCCCO.CCO.O=S(=O)(O)O.[H-].[Na+]. The van der Waals surface area contributed by atoms with Gasteiger partial charge in [-0.15, -0.1) is 0 Å². The molecule has 0 bridgehead atoms. The molecular weight excluding hydrogens is 391 g/mol. The molecule has 0 fully saturated rings. The molecule has 0 unspecified atom stereocenters. The molecule has 0 aliphatic carbocycles. The first kappa shape index (κ1) is 36.2. The Morgan fingerprint density at radius 2 is 0.750 bits per heavy atom. The van der Waals surface area contributed by atoms with Crippen molar-refractivity contribution in [2.75, 3.05) is 13.2 Å². The molecule has 0 aromatic rings. The largest absolute Gasteiger partial charge is 1.00 e. The smallest absolute Gasteiger partial charge is 1.00 e. The number of aliphatic hydroxyl groups is 2. The summed E-state index contributed by atoms with van der Waals surface area (Å²) in [5, 5.41) is 16.2. The second-order valence-corrected chi connectivity index (χ2v) is 7.69. The molecular formula is C20H47NaO6S. The van der Waals surface area contributed by atoms with Crippen LogP contribution in [-0.4, -0.2) is 41.0 Å². The average Bonchev–Trinajstić information content (AvgIpc) is 2.58. The summed E-state index contributed by atoms with van der Waals surface area (Å²) in [4.78, 5) is 0. The Kier molecular flexibility index (Phi) is 41.9. The van der Waals surface area contributed by atoms with Crippen molar-refractivity contribution in [1.82, 2.24) is 0 Å². The van der Waals surface area contributed by atoms with E-state index in [0.717, 1.165) is 6.42 Å². The van der Waals surface area contributed by atoms with Crippen LogP contribution in [0, 0.1) is 0 Å². The Hall–Kier alpha value is 0.790. The fraction of sp³-hybridized carbons (Fsp3) is 1.00. The van der Waals surface area contributed by atoms with Gasteiger partial charge in [0.05, 0.1) is 0 Å². The average molecular weight is 439 g/mol. The predicted octanol–water partition coefficient (Wildman–Crippen LogP) is 2.70. The molecule has 0 atom stereocenters. The molecule has 0 saturated carbocycles. The molecule has 0 amide bonds. The van der Waals surface area contributed by atoms with Crippen molar-refractivity contribution < 1.29 is 58.7 Å². The van der Waals surface area contributed by atoms with Crippen molar-refractivity contribution >= 4 is 10.4 Å². The van der Waals surface area contributed by atoms with Crippen LogP contribution in [-0.2, 0) is 10.4 Å². The van der Waals surface area contributed by atoms with Crippen LogP contribution in [0.1, 0.15) is 118 Å². The molecule has 8 heteroatoms. The van der Waals surface area contributed by atoms with E-state index in [4.69, 9.17) is 27.7 Å². The molecule has 0 aromatic heterocycles. The van der Waals surface area contributed by atoms with Gasteiger partial charge in [0, 0.05) is 13.2 Å². The fourth-order valence-corrected chi connectivity index (χ4v) is 2.66. The molecule has 6 nitrogen and oxygen atoms in total. The van der Waals surface area contributed by atoms with E-state index in [1.165, 1.54) is 96.3 Å². The van der Waals surface area contributed by atoms with Crippen LogP contribution in [0.3, 0.4) is 0 Å². The summed E-state index contributed by atoms with van der Waals surface area (Å²) in [7, 11) is -4.67. The molecule has 4 N–H and O–H groups in total. The van der Waals surface area contributed by atoms with Gasteiger partial charge in [-0.3, -0.25) is 9.11 Å². The Morgan fingerprint density at radius 1 is 0.571 bits per heavy atom. The molecule has 0 aliphatic rings. The molecule has 0 heterocycles. The minimum Gasteiger partial charge on any atom is -1.00 e. The van der Waals surface area contributed by atoms with E-state index in [1.807, 2.05) is 0 Å². The summed E-state index contributed by atoms with van der Waals surface area (Å²) in [5.74, 6) is 0. The number of aliphatic hydroxyl groups excluding tert-OH is 2. The minimum absolute atomic E-state index is 0. The van der Waals surface area contributed by atoms with Gasteiger partial charge < -0.3 is 11.6 Å². The van der Waals surface area contributed by atoms with Crippen molar-refractivity contribution in [1.29, 1.82) is 0 Å². The standard InChI is InChI=1S/C18H38O.C2H6O.Na.H2O4S.H/c1-2-3-4-5-6-7-8-9-10-11-12-13-14-15-16-17-18-19;1-2-3;;1-5(2,3)4;/h19H,2-18H2,1H3;3H,2H2,1H3;;(H2,1,2,3,4);/q;;+1;;-1. The molecule has 0 aromatic carbocycles. The van der Waals surface area contributed by atoms with Crippen molar-refractivity contribution in [3.05, 3.63) is 0 Å². The summed E-state index contributed by atoms with van der Waals surface area (Å²) in [6, 6.07) is 0. The molecule has 0 rings (SSSR count). The van der Waals surface area contributed by atoms with Crippen molar-refractivity contribution in [3.63, 3.8) is 0 Å². The molecule has 0 spiro atoms. The number of hydrogen-bond acceptors (Lipinski definition) is 4. The van der Waals surface area contributed by atoms with E-state index >= 15 is 0 Å². The topological polar surface area (TPSA) is 115 Å². The summed E-state index contributed by atoms with van der Waals surface area (Å²) in [5.41, 5.74) is 0. The van der Waals surface area contributed by atoms with E-state index < -0.39 is 10.4 Å².